The minimum absolute atomic E-state index is 0.0372. The van der Waals surface area contributed by atoms with Crippen molar-refractivity contribution in [2.24, 2.45) is 0 Å². The van der Waals surface area contributed by atoms with Crippen molar-refractivity contribution in [3.05, 3.63) is 42.6 Å². The van der Waals surface area contributed by atoms with Gasteiger partial charge in [-0.25, -0.2) is 4.98 Å². The standard InChI is InChI=1S/C17H22N4O3/c1-13-9-23-12-17(11-22,21-13)10-19-16-18-8-7-15(20-16)24-14-5-3-2-4-6-14/h2-8,13,21-22H,9-12H2,1H3,(H,18,19,20)/t13-,17+/m1/s1. The summed E-state index contributed by atoms with van der Waals surface area (Å²) in [6.45, 7) is 3.50. The van der Waals surface area contributed by atoms with Gasteiger partial charge in [0.2, 0.25) is 11.8 Å². The lowest BCUT2D eigenvalue weighted by Gasteiger charge is -2.39. The third kappa shape index (κ3) is 4.19. The van der Waals surface area contributed by atoms with Gasteiger partial charge in [0.15, 0.2) is 0 Å². The molecule has 2 heterocycles. The van der Waals surface area contributed by atoms with Crippen LogP contribution in [0.25, 0.3) is 0 Å². The molecular formula is C17H22N4O3. The number of aliphatic hydroxyl groups excluding tert-OH is 1. The summed E-state index contributed by atoms with van der Waals surface area (Å²) in [5.41, 5.74) is -0.544. The first-order valence-corrected chi connectivity index (χ1v) is 7.95. The maximum atomic E-state index is 9.74. The van der Waals surface area contributed by atoms with E-state index in [0.29, 0.717) is 37.3 Å². The molecule has 1 saturated heterocycles. The second-order valence-electron chi connectivity index (χ2n) is 5.99. The fraction of sp³-hybridized carbons (Fsp3) is 0.412. The first-order valence-electron chi connectivity index (χ1n) is 7.95. The maximum absolute atomic E-state index is 9.74. The van der Waals surface area contributed by atoms with E-state index in [1.54, 1.807) is 12.3 Å². The number of benzene rings is 1. The monoisotopic (exact) mass is 330 g/mol. The lowest BCUT2D eigenvalue weighted by Crippen LogP contribution is -2.63. The molecule has 1 aromatic heterocycles. The smallest absolute Gasteiger partial charge is 0.226 e. The number of rotatable bonds is 6. The number of nitrogens with zero attached hydrogens (tertiary/aromatic N) is 2. The molecule has 128 valence electrons. The highest BCUT2D eigenvalue weighted by Gasteiger charge is 2.34. The maximum Gasteiger partial charge on any atom is 0.226 e. The summed E-state index contributed by atoms with van der Waals surface area (Å²) in [5.74, 6) is 1.61. The number of morpholine rings is 1. The molecule has 0 unspecified atom stereocenters. The van der Waals surface area contributed by atoms with Crippen molar-refractivity contribution in [3.8, 4) is 11.6 Å². The van der Waals surface area contributed by atoms with Gasteiger partial charge < -0.3 is 25.2 Å². The van der Waals surface area contributed by atoms with Crippen LogP contribution in [0.3, 0.4) is 0 Å². The Hall–Kier alpha value is -2.22. The molecule has 7 heteroatoms. The Balaban J connectivity index is 1.64. The Kier molecular flexibility index (Phi) is 5.24. The van der Waals surface area contributed by atoms with Crippen molar-refractivity contribution in [3.63, 3.8) is 0 Å². The van der Waals surface area contributed by atoms with Crippen LogP contribution in [-0.4, -0.2) is 53.0 Å². The van der Waals surface area contributed by atoms with Crippen molar-refractivity contribution >= 4 is 5.95 Å². The van der Waals surface area contributed by atoms with Gasteiger partial charge in [-0.1, -0.05) is 18.2 Å². The quantitative estimate of drug-likeness (QED) is 0.738. The Bertz CT molecular complexity index is 655. The van der Waals surface area contributed by atoms with Gasteiger partial charge in [0, 0.05) is 24.8 Å². The largest absolute Gasteiger partial charge is 0.439 e. The van der Waals surface area contributed by atoms with Gasteiger partial charge in [-0.05, 0) is 19.1 Å². The van der Waals surface area contributed by atoms with Crippen LogP contribution < -0.4 is 15.4 Å². The third-order valence-electron chi connectivity index (χ3n) is 3.78. The molecule has 3 N–H and O–H groups in total. The van der Waals surface area contributed by atoms with Crippen LogP contribution >= 0.6 is 0 Å². The number of hydrogen-bond donors (Lipinski definition) is 3. The average Bonchev–Trinajstić information content (AvgIpc) is 2.61. The molecule has 2 atom stereocenters. The summed E-state index contributed by atoms with van der Waals surface area (Å²) < 4.78 is 11.3. The van der Waals surface area contributed by atoms with E-state index in [-0.39, 0.29) is 12.6 Å². The topological polar surface area (TPSA) is 88.5 Å². The van der Waals surface area contributed by atoms with Gasteiger partial charge in [0.05, 0.1) is 25.4 Å². The molecule has 1 aliphatic rings. The van der Waals surface area contributed by atoms with Gasteiger partial charge in [-0.3, -0.25) is 0 Å². The number of para-hydroxylation sites is 1. The van der Waals surface area contributed by atoms with E-state index in [2.05, 4.69) is 20.6 Å². The van der Waals surface area contributed by atoms with Crippen LogP contribution in [0.2, 0.25) is 0 Å². The van der Waals surface area contributed by atoms with Gasteiger partial charge in [-0.2, -0.15) is 4.98 Å². The fourth-order valence-corrected chi connectivity index (χ4v) is 2.63. The molecule has 2 aromatic rings. The highest BCUT2D eigenvalue weighted by atomic mass is 16.5. The SMILES string of the molecule is C[C@@H]1COC[C@@](CO)(CNc2nccc(Oc3ccccc3)n2)N1. The lowest BCUT2D eigenvalue weighted by molar-refractivity contribution is -0.0158. The summed E-state index contributed by atoms with van der Waals surface area (Å²) in [7, 11) is 0. The third-order valence-corrected chi connectivity index (χ3v) is 3.78. The second kappa shape index (κ2) is 7.57. The van der Waals surface area contributed by atoms with E-state index in [1.807, 2.05) is 37.3 Å². The molecule has 3 rings (SSSR count). The first-order chi connectivity index (χ1) is 11.7. The fourth-order valence-electron chi connectivity index (χ4n) is 2.63. The lowest BCUT2D eigenvalue weighted by atomic mass is 9.99. The van der Waals surface area contributed by atoms with Gasteiger partial charge in [-0.15, -0.1) is 0 Å². The Morgan fingerprint density at radius 3 is 2.96 bits per heavy atom. The highest BCUT2D eigenvalue weighted by Crippen LogP contribution is 2.19. The predicted octanol–water partition coefficient (Wildman–Crippen LogP) is 1.42. The molecule has 0 radical (unpaired) electrons. The zero-order chi connectivity index (χ0) is 16.8. The van der Waals surface area contributed by atoms with Crippen LogP contribution in [0.5, 0.6) is 11.6 Å². The molecule has 7 nitrogen and oxygen atoms in total. The normalized spacial score (nSPS) is 23.7. The van der Waals surface area contributed by atoms with Crippen molar-refractivity contribution in [2.75, 3.05) is 31.7 Å². The molecule has 0 aliphatic carbocycles. The van der Waals surface area contributed by atoms with E-state index in [9.17, 15) is 5.11 Å². The molecule has 0 spiro atoms. The van der Waals surface area contributed by atoms with Crippen LogP contribution in [0.15, 0.2) is 42.6 Å². The molecule has 0 bridgehead atoms. The van der Waals surface area contributed by atoms with E-state index < -0.39 is 5.54 Å². The molecule has 1 fully saturated rings. The molecule has 1 aromatic carbocycles. The minimum Gasteiger partial charge on any atom is -0.439 e. The van der Waals surface area contributed by atoms with Crippen LogP contribution in [0.1, 0.15) is 6.92 Å². The number of hydrogen-bond acceptors (Lipinski definition) is 7. The Morgan fingerprint density at radius 2 is 2.21 bits per heavy atom. The Labute approximate surface area is 141 Å². The van der Waals surface area contributed by atoms with Crippen molar-refractivity contribution < 1.29 is 14.6 Å². The van der Waals surface area contributed by atoms with Crippen molar-refractivity contribution in [2.45, 2.75) is 18.5 Å². The van der Waals surface area contributed by atoms with Crippen LogP contribution in [-0.2, 0) is 4.74 Å². The van der Waals surface area contributed by atoms with Crippen LogP contribution in [0.4, 0.5) is 5.95 Å². The van der Waals surface area contributed by atoms with E-state index in [4.69, 9.17) is 9.47 Å². The highest BCUT2D eigenvalue weighted by molar-refractivity contribution is 5.32. The average molecular weight is 330 g/mol. The predicted molar refractivity (Wildman–Crippen MR) is 90.3 cm³/mol. The molecule has 0 amide bonds. The molecular weight excluding hydrogens is 308 g/mol. The summed E-state index contributed by atoms with van der Waals surface area (Å²) in [6.07, 6.45) is 1.63. The molecule has 0 saturated carbocycles. The van der Waals surface area contributed by atoms with E-state index in [1.165, 1.54) is 0 Å². The molecule has 24 heavy (non-hydrogen) atoms. The van der Waals surface area contributed by atoms with E-state index >= 15 is 0 Å². The summed E-state index contributed by atoms with van der Waals surface area (Å²) >= 11 is 0. The molecule has 1 aliphatic heterocycles. The minimum atomic E-state index is -0.544. The summed E-state index contributed by atoms with van der Waals surface area (Å²) in [4.78, 5) is 8.54. The number of aliphatic hydroxyl groups is 1. The zero-order valence-corrected chi connectivity index (χ0v) is 13.6. The van der Waals surface area contributed by atoms with Gasteiger partial charge in [0.25, 0.3) is 0 Å². The van der Waals surface area contributed by atoms with Crippen molar-refractivity contribution in [1.82, 2.24) is 15.3 Å². The van der Waals surface area contributed by atoms with Gasteiger partial charge in [0.1, 0.15) is 5.75 Å². The first kappa shape index (κ1) is 16.6. The van der Waals surface area contributed by atoms with Crippen LogP contribution in [0, 0.1) is 0 Å². The second-order valence-corrected chi connectivity index (χ2v) is 5.99. The number of anilines is 1. The Morgan fingerprint density at radius 1 is 1.38 bits per heavy atom. The number of nitrogens with one attached hydrogen (secondary N) is 2. The van der Waals surface area contributed by atoms with E-state index in [0.717, 1.165) is 0 Å². The summed E-state index contributed by atoms with van der Waals surface area (Å²) in [6, 6.07) is 11.3. The number of ether oxygens (including phenoxy) is 2. The van der Waals surface area contributed by atoms with Crippen molar-refractivity contribution in [1.29, 1.82) is 0 Å². The zero-order valence-electron chi connectivity index (χ0n) is 13.6. The number of aromatic nitrogens is 2. The summed E-state index contributed by atoms with van der Waals surface area (Å²) in [5, 5.41) is 16.3. The van der Waals surface area contributed by atoms with Gasteiger partial charge >= 0.3 is 0 Å².